The van der Waals surface area contributed by atoms with Gasteiger partial charge in [-0.25, -0.2) is 4.79 Å². The third-order valence-corrected chi connectivity index (χ3v) is 4.75. The molecule has 0 unspecified atom stereocenters. The molecule has 0 aliphatic rings. The quantitative estimate of drug-likeness (QED) is 0.530. The molecule has 0 fully saturated rings. The molecule has 152 valence electrons. The van der Waals surface area contributed by atoms with Gasteiger partial charge < -0.3 is 14.9 Å². The molecule has 0 heterocycles. The first kappa shape index (κ1) is 22.4. The number of hydrogen-bond acceptors (Lipinski definition) is 4. The fraction of sp³-hybridized carbons (Fsp3) is 0.200. The summed E-state index contributed by atoms with van der Waals surface area (Å²) >= 11 is 11.9. The number of ketones is 1. The minimum atomic E-state index is -1.68. The lowest BCUT2D eigenvalue weighted by Crippen LogP contribution is -2.33. The van der Waals surface area contributed by atoms with E-state index < -0.39 is 24.1 Å². The van der Waals surface area contributed by atoms with Crippen LogP contribution in [0.5, 0.6) is 0 Å². The molecule has 7 nitrogen and oxygen atoms in total. The number of carboxylic acid groups (broad SMARTS) is 1. The minimum Gasteiger partial charge on any atom is -0.475 e. The van der Waals surface area contributed by atoms with E-state index in [1.807, 2.05) is 0 Å². The molecule has 2 aromatic rings. The van der Waals surface area contributed by atoms with Gasteiger partial charge >= 0.3 is 5.97 Å². The standard InChI is InChI=1S/C20H18Cl2N2O5/c1-23(2)19(27)13-4-6-14(7-5-13)24(18(26)10-17(25)20(28)29)11-12-3-8-15(21)16(22)9-12/h3-9H,10-11H2,1-2H3,(H,28,29). The maximum Gasteiger partial charge on any atom is 0.372 e. The molecule has 9 heteroatoms. The van der Waals surface area contributed by atoms with E-state index in [9.17, 15) is 19.2 Å². The van der Waals surface area contributed by atoms with Crippen molar-refractivity contribution in [3.63, 3.8) is 0 Å². The normalized spacial score (nSPS) is 10.3. The van der Waals surface area contributed by atoms with E-state index in [0.717, 1.165) is 0 Å². The molecule has 0 bridgehead atoms. The monoisotopic (exact) mass is 436 g/mol. The Bertz CT molecular complexity index is 958. The highest BCUT2D eigenvalue weighted by Gasteiger charge is 2.23. The molecule has 29 heavy (non-hydrogen) atoms. The van der Waals surface area contributed by atoms with Gasteiger partial charge in [-0.05, 0) is 42.0 Å². The molecule has 0 aromatic heterocycles. The number of rotatable bonds is 7. The SMILES string of the molecule is CN(C)C(=O)c1ccc(N(Cc2ccc(Cl)c(Cl)c2)C(=O)CC(=O)C(=O)O)cc1. The van der Waals surface area contributed by atoms with Crippen molar-refractivity contribution in [3.05, 3.63) is 63.6 Å². The van der Waals surface area contributed by atoms with Crippen LogP contribution in [0.3, 0.4) is 0 Å². The average molecular weight is 437 g/mol. The molecule has 0 saturated heterocycles. The van der Waals surface area contributed by atoms with Crippen LogP contribution in [0.15, 0.2) is 42.5 Å². The highest BCUT2D eigenvalue weighted by Crippen LogP contribution is 2.25. The van der Waals surface area contributed by atoms with Crippen LogP contribution < -0.4 is 4.90 Å². The van der Waals surface area contributed by atoms with E-state index in [0.29, 0.717) is 26.9 Å². The summed E-state index contributed by atoms with van der Waals surface area (Å²) in [6.45, 7) is 0.0313. The van der Waals surface area contributed by atoms with Crippen LogP contribution in [0.2, 0.25) is 10.0 Å². The van der Waals surface area contributed by atoms with Crippen molar-refractivity contribution in [1.29, 1.82) is 0 Å². The number of hydrogen-bond donors (Lipinski definition) is 1. The smallest absolute Gasteiger partial charge is 0.372 e. The van der Waals surface area contributed by atoms with Crippen molar-refractivity contribution < 1.29 is 24.3 Å². The third-order valence-electron chi connectivity index (χ3n) is 4.01. The largest absolute Gasteiger partial charge is 0.475 e. The van der Waals surface area contributed by atoms with Gasteiger partial charge in [0.2, 0.25) is 11.7 Å². The summed E-state index contributed by atoms with van der Waals surface area (Å²) < 4.78 is 0. The summed E-state index contributed by atoms with van der Waals surface area (Å²) in [4.78, 5) is 49.7. The molecular formula is C20H18Cl2N2O5. The maximum absolute atomic E-state index is 12.6. The Balaban J connectivity index is 2.36. The Morgan fingerprint density at radius 3 is 2.07 bits per heavy atom. The third kappa shape index (κ3) is 5.79. The van der Waals surface area contributed by atoms with Crippen molar-refractivity contribution in [2.24, 2.45) is 0 Å². The van der Waals surface area contributed by atoms with Crippen molar-refractivity contribution in [2.75, 3.05) is 19.0 Å². The Morgan fingerprint density at radius 2 is 1.55 bits per heavy atom. The van der Waals surface area contributed by atoms with Crippen LogP contribution >= 0.6 is 23.2 Å². The fourth-order valence-corrected chi connectivity index (χ4v) is 2.82. The Kier molecular flexibility index (Phi) is 7.36. The molecule has 2 amide bonds. The summed E-state index contributed by atoms with van der Waals surface area (Å²) in [5.41, 5.74) is 1.45. The van der Waals surface area contributed by atoms with Crippen LogP contribution in [0.4, 0.5) is 5.69 Å². The summed E-state index contributed by atoms with van der Waals surface area (Å²) in [6.07, 6.45) is -0.797. The first-order valence-electron chi connectivity index (χ1n) is 8.42. The minimum absolute atomic E-state index is 0.0313. The van der Waals surface area contributed by atoms with Gasteiger partial charge in [0.1, 0.15) is 0 Å². The molecule has 0 radical (unpaired) electrons. The number of aliphatic carboxylic acids is 1. The van der Waals surface area contributed by atoms with Crippen LogP contribution in [-0.4, -0.2) is 47.7 Å². The topological polar surface area (TPSA) is 95.0 Å². The number of amides is 2. The first-order valence-corrected chi connectivity index (χ1v) is 9.18. The highest BCUT2D eigenvalue weighted by atomic mass is 35.5. The van der Waals surface area contributed by atoms with Crippen molar-refractivity contribution in [2.45, 2.75) is 13.0 Å². The molecule has 2 rings (SSSR count). The molecular weight excluding hydrogens is 419 g/mol. The molecule has 0 aliphatic carbocycles. The molecule has 2 aromatic carbocycles. The second-order valence-corrected chi connectivity index (χ2v) is 7.19. The molecule has 0 atom stereocenters. The summed E-state index contributed by atoms with van der Waals surface area (Å²) in [7, 11) is 3.24. The lowest BCUT2D eigenvalue weighted by atomic mass is 10.1. The second-order valence-electron chi connectivity index (χ2n) is 6.38. The number of nitrogens with zero attached hydrogens (tertiary/aromatic N) is 2. The average Bonchev–Trinajstić information content (AvgIpc) is 2.68. The second kappa shape index (κ2) is 9.54. The van der Waals surface area contributed by atoms with Gasteiger partial charge in [-0.1, -0.05) is 29.3 Å². The van der Waals surface area contributed by atoms with E-state index in [1.165, 1.54) is 9.80 Å². The predicted molar refractivity (Wildman–Crippen MR) is 109 cm³/mol. The zero-order chi connectivity index (χ0) is 21.7. The number of halogens is 2. The first-order chi connectivity index (χ1) is 13.6. The number of carboxylic acids is 1. The van der Waals surface area contributed by atoms with Crippen LogP contribution in [0, 0.1) is 0 Å². The summed E-state index contributed by atoms with van der Waals surface area (Å²) in [5.74, 6) is -3.80. The maximum atomic E-state index is 12.6. The fourth-order valence-electron chi connectivity index (χ4n) is 2.49. The molecule has 1 N–H and O–H groups in total. The number of Topliss-reactive ketones (excluding diaryl/α,β-unsaturated/α-hetero) is 1. The van der Waals surface area contributed by atoms with Gasteiger partial charge in [-0.2, -0.15) is 0 Å². The van der Waals surface area contributed by atoms with Crippen LogP contribution in [0.1, 0.15) is 22.3 Å². The Morgan fingerprint density at radius 1 is 0.931 bits per heavy atom. The molecule has 0 aliphatic heterocycles. The Hall–Kier alpha value is -2.90. The van der Waals surface area contributed by atoms with E-state index in [4.69, 9.17) is 28.3 Å². The number of benzene rings is 2. The summed E-state index contributed by atoms with van der Waals surface area (Å²) in [6, 6.07) is 11.0. The van der Waals surface area contributed by atoms with Crippen molar-refractivity contribution in [1.82, 2.24) is 4.90 Å². The number of carbonyl (C=O) groups is 4. The number of anilines is 1. The lowest BCUT2D eigenvalue weighted by molar-refractivity contribution is -0.150. The van der Waals surface area contributed by atoms with E-state index in [2.05, 4.69) is 0 Å². The van der Waals surface area contributed by atoms with Gasteiger partial charge in [0, 0.05) is 25.3 Å². The zero-order valence-electron chi connectivity index (χ0n) is 15.7. The van der Waals surface area contributed by atoms with Crippen LogP contribution in [0.25, 0.3) is 0 Å². The van der Waals surface area contributed by atoms with Gasteiger partial charge in [-0.3, -0.25) is 14.4 Å². The van der Waals surface area contributed by atoms with E-state index in [-0.39, 0.29) is 12.5 Å². The van der Waals surface area contributed by atoms with Crippen molar-refractivity contribution in [3.8, 4) is 0 Å². The van der Waals surface area contributed by atoms with Gasteiger partial charge in [0.15, 0.2) is 0 Å². The molecule has 0 saturated carbocycles. The van der Waals surface area contributed by atoms with Gasteiger partial charge in [-0.15, -0.1) is 0 Å². The predicted octanol–water partition coefficient (Wildman–Crippen LogP) is 3.27. The van der Waals surface area contributed by atoms with E-state index >= 15 is 0 Å². The van der Waals surface area contributed by atoms with Gasteiger partial charge in [0.05, 0.1) is 23.0 Å². The zero-order valence-corrected chi connectivity index (χ0v) is 17.2. The van der Waals surface area contributed by atoms with Crippen molar-refractivity contribution >= 4 is 52.5 Å². The molecule has 0 spiro atoms. The Labute approximate surface area is 177 Å². The lowest BCUT2D eigenvalue weighted by Gasteiger charge is -2.23. The summed E-state index contributed by atoms with van der Waals surface area (Å²) in [5, 5.41) is 9.44. The van der Waals surface area contributed by atoms with Gasteiger partial charge in [0.25, 0.3) is 5.91 Å². The highest BCUT2D eigenvalue weighted by molar-refractivity contribution is 6.42. The number of carbonyl (C=O) groups excluding carboxylic acids is 3. The van der Waals surface area contributed by atoms with Crippen LogP contribution in [-0.2, 0) is 20.9 Å². The van der Waals surface area contributed by atoms with E-state index in [1.54, 1.807) is 56.6 Å².